The molecule has 2 rings (SSSR count). The molecule has 0 spiro atoms. The lowest BCUT2D eigenvalue weighted by molar-refractivity contribution is -0.122. The number of amides is 1. The third-order valence-corrected chi connectivity index (χ3v) is 5.16. The molecule has 0 aliphatic rings. The number of hydrogen-bond acceptors (Lipinski definition) is 2. The highest BCUT2D eigenvalue weighted by molar-refractivity contribution is 7.87. The Morgan fingerprint density at radius 3 is 1.78 bits per heavy atom. The van der Waals surface area contributed by atoms with E-state index in [4.69, 9.17) is 0 Å². The van der Waals surface area contributed by atoms with Gasteiger partial charge in [-0.25, -0.2) is 0 Å². The van der Waals surface area contributed by atoms with Gasteiger partial charge in [-0.05, 0) is 40.4 Å². The summed E-state index contributed by atoms with van der Waals surface area (Å²) < 4.78 is 4.42. The number of rotatable bonds is 3. The van der Waals surface area contributed by atoms with Crippen LogP contribution >= 0.6 is 0 Å². The van der Waals surface area contributed by atoms with Crippen molar-refractivity contribution in [3.05, 3.63) is 60.7 Å². The first kappa shape index (κ1) is 17.1. The molecule has 0 bridgehead atoms. The van der Waals surface area contributed by atoms with Crippen molar-refractivity contribution in [2.75, 3.05) is 0 Å². The average Bonchev–Trinajstić information content (AvgIpc) is 2.53. The maximum Gasteiger partial charge on any atom is 0.270 e. The van der Waals surface area contributed by atoms with Crippen molar-refractivity contribution in [2.45, 2.75) is 30.6 Å². The Morgan fingerprint density at radius 2 is 1.43 bits per heavy atom. The Kier molecular flexibility index (Phi) is 5.46. The molecule has 0 heterocycles. The van der Waals surface area contributed by atoms with Gasteiger partial charge in [0.1, 0.15) is 5.92 Å². The van der Waals surface area contributed by atoms with Crippen molar-refractivity contribution in [3.8, 4) is 6.07 Å². The van der Waals surface area contributed by atoms with Crippen LogP contribution in [0.3, 0.4) is 0 Å². The predicted octanol–water partition coefficient (Wildman–Crippen LogP) is 4.62. The number of carbonyl (C=O) groups excluding carboxylic acids is 1. The summed E-state index contributed by atoms with van der Waals surface area (Å²) in [7, 11) is -0.714. The average molecular weight is 324 g/mol. The van der Waals surface area contributed by atoms with Crippen LogP contribution in [0.4, 0.5) is 0 Å². The fourth-order valence-electron chi connectivity index (χ4n) is 2.10. The van der Waals surface area contributed by atoms with Crippen molar-refractivity contribution >= 4 is 16.6 Å². The van der Waals surface area contributed by atoms with Crippen LogP contribution in [-0.4, -0.2) is 5.91 Å². The number of hydrogen-bond donors (Lipinski definition) is 0. The molecule has 118 valence electrons. The van der Waals surface area contributed by atoms with E-state index in [1.54, 1.807) is 0 Å². The summed E-state index contributed by atoms with van der Waals surface area (Å²) in [5.41, 5.74) is -0.433. The Morgan fingerprint density at radius 1 is 1.00 bits per heavy atom. The van der Waals surface area contributed by atoms with E-state index < -0.39 is 22.0 Å². The maximum absolute atomic E-state index is 12.6. The molecule has 0 saturated heterocycles. The van der Waals surface area contributed by atoms with Gasteiger partial charge < -0.3 is 0 Å². The van der Waals surface area contributed by atoms with Crippen LogP contribution in [0.2, 0.25) is 0 Å². The second kappa shape index (κ2) is 7.34. The topological polar surface area (TPSA) is 53.2 Å². The van der Waals surface area contributed by atoms with Crippen molar-refractivity contribution in [1.29, 1.82) is 5.26 Å². The summed E-state index contributed by atoms with van der Waals surface area (Å²) >= 11 is 0. The normalized spacial score (nSPS) is 12.5. The van der Waals surface area contributed by atoms with Crippen molar-refractivity contribution in [1.82, 2.24) is 0 Å². The Hall–Kier alpha value is -2.25. The molecule has 1 atom stereocenters. The highest BCUT2D eigenvalue weighted by atomic mass is 32.2. The minimum Gasteiger partial charge on any atom is -0.270 e. The van der Waals surface area contributed by atoms with Crippen LogP contribution in [0.25, 0.3) is 0 Å². The van der Waals surface area contributed by atoms with Gasteiger partial charge in [0.15, 0.2) is 0 Å². The van der Waals surface area contributed by atoms with Crippen molar-refractivity contribution in [2.24, 2.45) is 15.7 Å². The molecule has 3 nitrogen and oxygen atoms in total. The van der Waals surface area contributed by atoms with E-state index in [2.05, 4.69) is 10.4 Å². The molecule has 2 aromatic rings. The fourth-order valence-corrected chi connectivity index (χ4v) is 3.70. The van der Waals surface area contributed by atoms with Crippen molar-refractivity contribution < 1.29 is 4.79 Å². The monoisotopic (exact) mass is 324 g/mol. The van der Waals surface area contributed by atoms with Gasteiger partial charge in [-0.2, -0.15) is 9.62 Å². The Bertz CT molecular complexity index is 699. The Balaban J connectivity index is 2.51. The first-order valence-corrected chi connectivity index (χ1v) is 8.61. The van der Waals surface area contributed by atoms with Gasteiger partial charge in [0.25, 0.3) is 5.91 Å². The fraction of sp³-hybridized carbons (Fsp3) is 0.263. The molecule has 1 unspecified atom stereocenters. The van der Waals surface area contributed by atoms with Gasteiger partial charge in [0.2, 0.25) is 0 Å². The quantitative estimate of drug-likeness (QED) is 0.827. The van der Waals surface area contributed by atoms with Crippen LogP contribution in [0.5, 0.6) is 0 Å². The second-order valence-corrected chi connectivity index (χ2v) is 7.96. The number of benzene rings is 2. The van der Waals surface area contributed by atoms with Gasteiger partial charge in [0, 0.05) is 9.79 Å². The molecule has 0 N–H and O–H groups in total. The molecule has 0 aliphatic heterocycles. The summed E-state index contributed by atoms with van der Waals surface area (Å²) in [6, 6.07) is 21.6. The summed E-state index contributed by atoms with van der Waals surface area (Å²) in [5, 5.41) is 9.36. The summed E-state index contributed by atoms with van der Waals surface area (Å²) in [6.45, 7) is 5.66. The standard InChI is InChI=1S/C19H20N2OS/c1-19(2,3)17(14-20)18(22)21-23(15-10-6-4-7-11-15)16-12-8-5-9-13-16/h4-13,17H,1-3H3. The minimum absolute atomic E-state index is 0.351. The van der Waals surface area contributed by atoms with E-state index in [1.165, 1.54) is 0 Å². The zero-order valence-electron chi connectivity index (χ0n) is 13.6. The maximum atomic E-state index is 12.6. The molecule has 0 radical (unpaired) electrons. The molecule has 1 amide bonds. The van der Waals surface area contributed by atoms with Gasteiger partial charge in [-0.1, -0.05) is 57.2 Å². The highest BCUT2D eigenvalue weighted by Gasteiger charge is 2.31. The van der Waals surface area contributed by atoms with Gasteiger partial charge in [-0.15, -0.1) is 0 Å². The third-order valence-electron chi connectivity index (χ3n) is 3.36. The van der Waals surface area contributed by atoms with E-state index >= 15 is 0 Å². The first-order chi connectivity index (χ1) is 10.9. The molecule has 0 fully saturated rings. The lowest BCUT2D eigenvalue weighted by Crippen LogP contribution is -2.26. The van der Waals surface area contributed by atoms with E-state index in [1.807, 2.05) is 81.4 Å². The van der Waals surface area contributed by atoms with Crippen LogP contribution < -0.4 is 0 Å². The van der Waals surface area contributed by atoms with E-state index in [9.17, 15) is 10.1 Å². The lowest BCUT2D eigenvalue weighted by Gasteiger charge is -2.22. The summed E-state index contributed by atoms with van der Waals surface area (Å²) in [5.74, 6) is -1.10. The molecule has 0 aromatic heterocycles. The molecular formula is C19H20N2OS. The number of nitriles is 1. The van der Waals surface area contributed by atoms with Crippen LogP contribution in [-0.2, 0) is 15.5 Å². The summed E-state index contributed by atoms with van der Waals surface area (Å²) in [6.07, 6.45) is 0. The van der Waals surface area contributed by atoms with Crippen LogP contribution in [0.15, 0.2) is 74.8 Å². The predicted molar refractivity (Wildman–Crippen MR) is 92.8 cm³/mol. The first-order valence-electron chi connectivity index (χ1n) is 7.43. The molecule has 0 saturated carbocycles. The SMILES string of the molecule is CC(C)(C)C(C#N)C(=O)N=S(c1ccccc1)c1ccccc1. The molecule has 2 aromatic carbocycles. The zero-order chi connectivity index (χ0) is 16.9. The zero-order valence-corrected chi connectivity index (χ0v) is 14.4. The number of nitrogens with zero attached hydrogens (tertiary/aromatic N) is 2. The largest absolute Gasteiger partial charge is 0.270 e. The smallest absolute Gasteiger partial charge is 0.270 e. The van der Waals surface area contributed by atoms with Gasteiger partial charge in [-0.3, -0.25) is 4.79 Å². The van der Waals surface area contributed by atoms with Crippen molar-refractivity contribution in [3.63, 3.8) is 0 Å². The van der Waals surface area contributed by atoms with E-state index in [0.29, 0.717) is 0 Å². The van der Waals surface area contributed by atoms with E-state index in [0.717, 1.165) is 9.79 Å². The molecule has 23 heavy (non-hydrogen) atoms. The highest BCUT2D eigenvalue weighted by Crippen LogP contribution is 2.28. The summed E-state index contributed by atoms with van der Waals surface area (Å²) in [4.78, 5) is 14.5. The molecule has 4 heteroatoms. The minimum atomic E-state index is -0.745. The molecule has 0 aliphatic carbocycles. The second-order valence-electron chi connectivity index (χ2n) is 6.27. The van der Waals surface area contributed by atoms with Crippen LogP contribution in [0.1, 0.15) is 20.8 Å². The lowest BCUT2D eigenvalue weighted by atomic mass is 9.81. The Labute approximate surface area is 140 Å². The van der Waals surface area contributed by atoms with Gasteiger partial charge >= 0.3 is 0 Å². The third kappa shape index (κ3) is 4.37. The van der Waals surface area contributed by atoms with E-state index in [-0.39, 0.29) is 5.91 Å². The number of carbonyl (C=O) groups is 1. The van der Waals surface area contributed by atoms with Crippen LogP contribution in [0, 0.1) is 22.7 Å². The molecular weight excluding hydrogens is 304 g/mol. The van der Waals surface area contributed by atoms with Gasteiger partial charge in [0.05, 0.1) is 6.07 Å².